The maximum atomic E-state index is 13.4. The lowest BCUT2D eigenvalue weighted by Gasteiger charge is -2.72. The van der Waals surface area contributed by atoms with Gasteiger partial charge in [0.15, 0.2) is 5.78 Å². The summed E-state index contributed by atoms with van der Waals surface area (Å²) in [6, 6.07) is 2.61. The van der Waals surface area contributed by atoms with Gasteiger partial charge in [-0.2, -0.15) is 0 Å². The molecule has 7 spiro atoms. The van der Waals surface area contributed by atoms with Gasteiger partial charge in [0.25, 0.3) is 0 Å². The standard InChI is InChI=1S/C61H78N2O13/c1-31-42(32(2)65)46(67)44-36(45(31)66)20-33(52(71)72)21-39(44)74-53-47(68)49(69)61-23-38-43-35(40(76-61)24-55(12-5-6-13-55)50(70)51(61)75-53)8-9-37(43)59(18-19-64)30-73-26-34-22-56-28-58(25-41(56)62-63-60(38,29-56)48(34)59)15-7-14-57(58)17-16-54(27-57)10-3-4-11-54/h9,20-21,34,38,40-41,47-51,53,62-64,66-70H,3-8,10-19,22-30H2,1-2H3,(H,71,72). The molecule has 4 bridgehead atoms. The number of aromatic hydroxyl groups is 2. The first-order valence-corrected chi connectivity index (χ1v) is 29.4. The Morgan fingerprint density at radius 2 is 1.62 bits per heavy atom. The number of aliphatic hydroxyl groups excluding tert-OH is 4. The SMILES string of the molecule is CC(=O)c1c(C)c(O)c2cc(C(=O)O)cc(OC3OC4C(O)C5(CCCC5)CC5OC4(CC4C6=C5CC=C6C5(CCO)COCC6CC78CC4(NNC7CC4(CCCC47CCC4(CCCC4)C7)C8)C65)C(O)C3O)c2c1O. The number of rotatable bonds is 6. The summed E-state index contributed by atoms with van der Waals surface area (Å²) < 4.78 is 28.2. The van der Waals surface area contributed by atoms with E-state index in [0.29, 0.717) is 56.1 Å². The van der Waals surface area contributed by atoms with Crippen LogP contribution in [-0.4, -0.2) is 121 Å². The van der Waals surface area contributed by atoms with Gasteiger partial charge in [-0.15, -0.1) is 0 Å². The number of ketones is 1. The first-order chi connectivity index (χ1) is 36.4. The molecular weight excluding hydrogens is 969 g/mol. The van der Waals surface area contributed by atoms with Gasteiger partial charge in [-0.05, 0) is 185 Å². The minimum atomic E-state index is -1.82. The van der Waals surface area contributed by atoms with Crippen LogP contribution in [-0.2, 0) is 14.2 Å². The van der Waals surface area contributed by atoms with Crippen molar-refractivity contribution in [3.05, 3.63) is 51.6 Å². The number of carbonyl (C=O) groups excluding carboxylic acids is 1. The number of aromatic carboxylic acids is 1. The van der Waals surface area contributed by atoms with E-state index in [9.17, 15) is 45.3 Å². The molecule has 13 aliphatic rings. The third kappa shape index (κ3) is 6.11. The number of hydrogen-bond donors (Lipinski definition) is 9. The van der Waals surface area contributed by atoms with Gasteiger partial charge in [-0.25, -0.2) is 4.79 Å². The maximum absolute atomic E-state index is 13.4. The number of phenols is 2. The van der Waals surface area contributed by atoms with Crippen molar-refractivity contribution >= 4 is 22.5 Å². The highest BCUT2D eigenvalue weighted by Crippen LogP contribution is 2.80. The van der Waals surface area contributed by atoms with Crippen LogP contribution in [0.25, 0.3) is 10.8 Å². The number of nitrogens with one attached hydrogen (secondary N) is 2. The van der Waals surface area contributed by atoms with Gasteiger partial charge >= 0.3 is 5.97 Å². The Labute approximate surface area is 444 Å². The molecule has 15 rings (SSSR count). The quantitative estimate of drug-likeness (QED) is 0.0995. The highest BCUT2D eigenvalue weighted by Gasteiger charge is 2.79. The van der Waals surface area contributed by atoms with Crippen LogP contribution in [0.1, 0.15) is 174 Å². The first-order valence-electron chi connectivity index (χ1n) is 29.4. The Morgan fingerprint density at radius 1 is 0.842 bits per heavy atom. The third-order valence-corrected chi connectivity index (χ3v) is 25.0. The number of hydrogen-bond acceptors (Lipinski definition) is 14. The minimum Gasteiger partial charge on any atom is -0.507 e. The zero-order valence-corrected chi connectivity index (χ0v) is 44.3. The molecule has 5 aliphatic heterocycles. The molecule has 11 fully saturated rings. The first kappa shape index (κ1) is 49.4. The second kappa shape index (κ2) is 16.3. The second-order valence-electron chi connectivity index (χ2n) is 27.9. The predicted molar refractivity (Wildman–Crippen MR) is 276 cm³/mol. The molecule has 8 aliphatic carbocycles. The van der Waals surface area contributed by atoms with Gasteiger partial charge in [0.05, 0.1) is 35.3 Å². The number of carboxylic acid groups (broad SMARTS) is 1. The van der Waals surface area contributed by atoms with Crippen LogP contribution in [0, 0.1) is 57.2 Å². The van der Waals surface area contributed by atoms with Crippen molar-refractivity contribution in [2.24, 2.45) is 50.2 Å². The number of ether oxygens (including phenoxy) is 4. The topological polar surface area (TPSA) is 237 Å². The third-order valence-electron chi connectivity index (χ3n) is 25.0. The molecule has 9 N–H and O–H groups in total. The van der Waals surface area contributed by atoms with E-state index in [2.05, 4.69) is 16.9 Å². The molecule has 5 heterocycles. The molecule has 4 saturated heterocycles. The summed E-state index contributed by atoms with van der Waals surface area (Å²) in [5, 5.41) is 84.1. The van der Waals surface area contributed by atoms with Crippen molar-refractivity contribution in [2.75, 3.05) is 19.8 Å². The molecule has 15 heteroatoms. The average Bonchev–Trinajstić information content (AvgIpc) is 3.53. The molecule has 76 heavy (non-hydrogen) atoms. The Bertz CT molecular complexity index is 2920. The molecule has 15 nitrogen and oxygen atoms in total. The van der Waals surface area contributed by atoms with E-state index in [-0.39, 0.29) is 80.9 Å². The Kier molecular flexibility index (Phi) is 10.6. The van der Waals surface area contributed by atoms with E-state index in [1.807, 2.05) is 0 Å². The molecule has 0 aromatic heterocycles. The highest BCUT2D eigenvalue weighted by atomic mass is 16.7. The zero-order valence-electron chi connectivity index (χ0n) is 44.3. The molecule has 16 unspecified atom stereocenters. The van der Waals surface area contributed by atoms with Crippen LogP contribution < -0.4 is 15.6 Å². The fraction of sp³-hybridized carbons (Fsp3) is 0.738. The van der Waals surface area contributed by atoms with E-state index < -0.39 is 82.0 Å². The monoisotopic (exact) mass is 1050 g/mol. The van der Waals surface area contributed by atoms with E-state index in [1.165, 1.54) is 108 Å². The molecule has 2 aromatic rings. The average molecular weight is 1050 g/mol. The van der Waals surface area contributed by atoms with Crippen molar-refractivity contribution in [1.82, 2.24) is 10.9 Å². The summed E-state index contributed by atoms with van der Waals surface area (Å²) in [6.45, 7) is 3.86. The van der Waals surface area contributed by atoms with Gasteiger partial charge in [0.2, 0.25) is 6.29 Å². The van der Waals surface area contributed by atoms with Gasteiger partial charge in [-0.1, -0.05) is 38.2 Å². The zero-order chi connectivity index (χ0) is 52.3. The Hall–Kier alpha value is -3.64. The van der Waals surface area contributed by atoms with Crippen LogP contribution in [0.4, 0.5) is 0 Å². The number of allylic oxidation sites excluding steroid dienone is 1. The summed E-state index contributed by atoms with van der Waals surface area (Å²) in [5.41, 5.74) is 9.27. The number of fused-ring (bicyclic) bond motifs is 5. The predicted octanol–water partition coefficient (Wildman–Crippen LogP) is 7.72. The maximum Gasteiger partial charge on any atom is 0.335 e. The molecule has 2 aromatic carbocycles. The van der Waals surface area contributed by atoms with Crippen LogP contribution in [0.5, 0.6) is 17.2 Å². The Balaban J connectivity index is 0.870. The van der Waals surface area contributed by atoms with Crippen molar-refractivity contribution in [1.29, 1.82) is 0 Å². The summed E-state index contributed by atoms with van der Waals surface area (Å²) in [6.07, 6.45) is 17.0. The lowest BCUT2D eigenvalue weighted by molar-refractivity contribution is -0.340. The molecule has 7 saturated carbocycles. The fourth-order valence-electron chi connectivity index (χ4n) is 22.4. The van der Waals surface area contributed by atoms with Gasteiger partial charge in [-0.3, -0.25) is 15.6 Å². The normalized spacial score (nSPS) is 45.7. The van der Waals surface area contributed by atoms with Gasteiger partial charge in [0.1, 0.15) is 41.2 Å². The van der Waals surface area contributed by atoms with Crippen LogP contribution in [0.3, 0.4) is 0 Å². The van der Waals surface area contributed by atoms with Crippen LogP contribution in [0.2, 0.25) is 0 Å². The summed E-state index contributed by atoms with van der Waals surface area (Å²) >= 11 is 0. The highest BCUT2D eigenvalue weighted by molar-refractivity contribution is 6.11. The van der Waals surface area contributed by atoms with E-state index in [0.717, 1.165) is 37.3 Å². The van der Waals surface area contributed by atoms with Crippen LogP contribution in [0.15, 0.2) is 34.9 Å². The summed E-state index contributed by atoms with van der Waals surface area (Å²) in [5.74, 6) is -3.18. The number of benzene rings is 2. The number of carbonyl (C=O) groups is 2. The van der Waals surface area contributed by atoms with Gasteiger partial charge in [0, 0.05) is 52.5 Å². The largest absolute Gasteiger partial charge is 0.507 e. The Morgan fingerprint density at radius 3 is 2.38 bits per heavy atom. The number of Topliss-reactive ketones (excluding diaryl/α,β-unsaturated/α-hetero) is 1. The number of carboxylic acids is 1. The van der Waals surface area contributed by atoms with E-state index in [1.54, 1.807) is 0 Å². The lowest BCUT2D eigenvalue weighted by atomic mass is 9.39. The van der Waals surface area contributed by atoms with Crippen LogP contribution >= 0.6 is 0 Å². The molecular formula is C61H78N2O13. The lowest BCUT2D eigenvalue weighted by Crippen LogP contribution is -2.81. The second-order valence-corrected chi connectivity index (χ2v) is 27.9. The van der Waals surface area contributed by atoms with E-state index in [4.69, 9.17) is 18.9 Å². The summed E-state index contributed by atoms with van der Waals surface area (Å²) in [4.78, 5) is 25.6. The van der Waals surface area contributed by atoms with Crippen molar-refractivity contribution in [3.63, 3.8) is 0 Å². The number of phenolic OH excluding ortho intramolecular Hbond substituents is 2. The molecule has 0 amide bonds. The van der Waals surface area contributed by atoms with Crippen molar-refractivity contribution < 1.29 is 64.3 Å². The minimum absolute atomic E-state index is 0.0148. The smallest absolute Gasteiger partial charge is 0.335 e. The van der Waals surface area contributed by atoms with Gasteiger partial charge < -0.3 is 54.7 Å². The fourth-order valence-corrected chi connectivity index (χ4v) is 22.4. The molecule has 410 valence electrons. The van der Waals surface area contributed by atoms with E-state index >= 15 is 0 Å². The summed E-state index contributed by atoms with van der Waals surface area (Å²) in [7, 11) is 0. The number of hydrazine groups is 1. The molecule has 16 atom stereocenters. The van der Waals surface area contributed by atoms with Crippen molar-refractivity contribution in [2.45, 2.75) is 209 Å². The number of aliphatic hydroxyl groups is 4. The van der Waals surface area contributed by atoms with Crippen molar-refractivity contribution in [3.8, 4) is 17.2 Å². The molecule has 0 radical (unpaired) electrons.